The Hall–Kier alpha value is -1.39. The van der Waals surface area contributed by atoms with Gasteiger partial charge in [0.25, 0.3) is 5.91 Å². The fourth-order valence-electron chi connectivity index (χ4n) is 9.77. The predicted molar refractivity (Wildman–Crippen MR) is 139 cm³/mol. The number of halogens is 2. The van der Waals surface area contributed by atoms with Gasteiger partial charge in [0.05, 0.1) is 5.02 Å². The Balaban J connectivity index is 1.21. The van der Waals surface area contributed by atoms with Crippen molar-refractivity contribution in [1.82, 2.24) is 9.80 Å². The summed E-state index contributed by atoms with van der Waals surface area (Å²) in [5, 5.41) is 0.00794. The first-order chi connectivity index (χ1) is 16.7. The van der Waals surface area contributed by atoms with Crippen molar-refractivity contribution in [1.29, 1.82) is 0 Å². The van der Waals surface area contributed by atoms with E-state index in [1.807, 2.05) is 11.9 Å². The summed E-state index contributed by atoms with van der Waals surface area (Å²) in [6, 6.07) is 5.23. The molecule has 4 fully saturated rings. The molecule has 8 atom stereocenters. The van der Waals surface area contributed by atoms with Gasteiger partial charge in [0, 0.05) is 31.2 Å². The Morgan fingerprint density at radius 2 is 1.91 bits per heavy atom. The van der Waals surface area contributed by atoms with Gasteiger partial charge in [0.15, 0.2) is 0 Å². The zero-order chi connectivity index (χ0) is 24.7. The van der Waals surface area contributed by atoms with Gasteiger partial charge in [0.1, 0.15) is 5.82 Å². The quantitative estimate of drug-likeness (QED) is 0.418. The van der Waals surface area contributed by atoms with E-state index in [1.54, 1.807) is 11.6 Å². The number of nitrogens with zero attached hydrogens (tertiary/aromatic N) is 2. The summed E-state index contributed by atoms with van der Waals surface area (Å²) < 4.78 is 13.6. The number of amides is 1. The van der Waals surface area contributed by atoms with Crippen molar-refractivity contribution < 1.29 is 9.18 Å². The summed E-state index contributed by atoms with van der Waals surface area (Å²) >= 11 is 5.95. The van der Waals surface area contributed by atoms with Crippen molar-refractivity contribution in [2.75, 3.05) is 20.6 Å². The van der Waals surface area contributed by atoms with E-state index in [9.17, 15) is 9.18 Å². The van der Waals surface area contributed by atoms with Gasteiger partial charge < -0.3 is 9.80 Å². The Morgan fingerprint density at radius 3 is 2.69 bits per heavy atom. The smallest absolute Gasteiger partial charge is 0.253 e. The molecule has 0 N–H and O–H groups in total. The Morgan fingerprint density at radius 1 is 1.14 bits per heavy atom. The number of hydrogen-bond donors (Lipinski definition) is 0. The van der Waals surface area contributed by atoms with Crippen LogP contribution in [0.3, 0.4) is 0 Å². The lowest BCUT2D eigenvalue weighted by Crippen LogP contribution is -2.53. The minimum absolute atomic E-state index is 0.00794. The van der Waals surface area contributed by atoms with Crippen molar-refractivity contribution in [3.05, 3.63) is 46.3 Å². The van der Waals surface area contributed by atoms with Crippen LogP contribution in [0.1, 0.15) is 75.6 Å². The minimum atomic E-state index is -0.484. The summed E-state index contributed by atoms with van der Waals surface area (Å²) in [5.41, 5.74) is 2.90. The molecule has 4 aliphatic carbocycles. The topological polar surface area (TPSA) is 23.6 Å². The first kappa shape index (κ1) is 24.0. The van der Waals surface area contributed by atoms with E-state index in [0.717, 1.165) is 49.0 Å². The van der Waals surface area contributed by atoms with E-state index in [4.69, 9.17) is 11.6 Å². The van der Waals surface area contributed by atoms with Gasteiger partial charge in [-0.1, -0.05) is 30.2 Å². The summed E-state index contributed by atoms with van der Waals surface area (Å²) in [4.78, 5) is 17.7. The van der Waals surface area contributed by atoms with E-state index in [0.29, 0.717) is 11.0 Å². The van der Waals surface area contributed by atoms with E-state index in [-0.39, 0.29) is 22.4 Å². The van der Waals surface area contributed by atoms with E-state index in [1.165, 1.54) is 50.8 Å². The van der Waals surface area contributed by atoms with Gasteiger partial charge in [-0.3, -0.25) is 4.79 Å². The maximum absolute atomic E-state index is 13.6. The van der Waals surface area contributed by atoms with Crippen LogP contribution in [-0.2, 0) is 0 Å². The molecule has 190 valence electrons. The van der Waals surface area contributed by atoms with Gasteiger partial charge in [-0.15, -0.1) is 0 Å². The normalized spacial score (nSPS) is 42.5. The number of carbonyl (C=O) groups is 1. The molecule has 0 aromatic heterocycles. The van der Waals surface area contributed by atoms with E-state index >= 15 is 0 Å². The second kappa shape index (κ2) is 8.31. The van der Waals surface area contributed by atoms with Crippen LogP contribution in [0.2, 0.25) is 5.02 Å². The highest BCUT2D eigenvalue weighted by molar-refractivity contribution is 6.31. The zero-order valence-corrected chi connectivity index (χ0v) is 22.5. The van der Waals surface area contributed by atoms with E-state index < -0.39 is 5.82 Å². The van der Waals surface area contributed by atoms with Gasteiger partial charge in [0.2, 0.25) is 0 Å². The molecule has 35 heavy (non-hydrogen) atoms. The van der Waals surface area contributed by atoms with Gasteiger partial charge in [-0.25, -0.2) is 4.39 Å². The summed E-state index contributed by atoms with van der Waals surface area (Å²) in [6.07, 6.45) is 12.6. The first-order valence-corrected chi connectivity index (χ1v) is 14.2. The summed E-state index contributed by atoms with van der Waals surface area (Å²) in [5.74, 6) is 2.86. The average Bonchev–Trinajstić information content (AvgIpc) is 3.33. The molecule has 5 heteroatoms. The summed E-state index contributed by atoms with van der Waals surface area (Å²) in [7, 11) is 4.25. The molecule has 3 saturated carbocycles. The summed E-state index contributed by atoms with van der Waals surface area (Å²) in [6.45, 7) is 6.32. The Kier molecular flexibility index (Phi) is 5.69. The number of fused-ring (bicyclic) bond motifs is 4. The molecular formula is C30H40ClFN2O. The highest BCUT2D eigenvalue weighted by atomic mass is 35.5. The van der Waals surface area contributed by atoms with Gasteiger partial charge >= 0.3 is 0 Å². The molecule has 1 heterocycles. The lowest BCUT2D eigenvalue weighted by Gasteiger charge is -2.58. The number of rotatable bonds is 2. The number of allylic oxidation sites excluding steroid dienone is 1. The van der Waals surface area contributed by atoms with Crippen LogP contribution < -0.4 is 0 Å². The van der Waals surface area contributed by atoms with Crippen molar-refractivity contribution in [2.24, 2.45) is 34.5 Å². The molecule has 1 saturated heterocycles. The minimum Gasteiger partial charge on any atom is -0.338 e. The van der Waals surface area contributed by atoms with Gasteiger partial charge in [-0.05, 0) is 118 Å². The van der Waals surface area contributed by atoms with Crippen LogP contribution in [-0.4, -0.2) is 48.4 Å². The van der Waals surface area contributed by atoms with Gasteiger partial charge in [-0.2, -0.15) is 0 Å². The number of carbonyl (C=O) groups excluding carboxylic acids is 1. The largest absolute Gasteiger partial charge is 0.338 e. The van der Waals surface area contributed by atoms with Crippen molar-refractivity contribution >= 4 is 17.5 Å². The maximum atomic E-state index is 13.6. The highest BCUT2D eigenvalue weighted by Gasteiger charge is 2.64. The fourth-order valence-corrected chi connectivity index (χ4v) is 9.95. The Labute approximate surface area is 215 Å². The van der Waals surface area contributed by atoms with Crippen LogP contribution in [0, 0.1) is 40.3 Å². The number of likely N-dealkylation sites (tertiary alicyclic amines) is 1. The average molecular weight is 499 g/mol. The third kappa shape index (κ3) is 3.41. The predicted octanol–water partition coefficient (Wildman–Crippen LogP) is 6.81. The van der Waals surface area contributed by atoms with Crippen LogP contribution in [0.5, 0.6) is 0 Å². The highest BCUT2D eigenvalue weighted by Crippen LogP contribution is 2.68. The lowest BCUT2D eigenvalue weighted by molar-refractivity contribution is -0.0430. The molecule has 1 amide bonds. The molecule has 1 spiro atoms. The molecular weight excluding hydrogens is 459 g/mol. The lowest BCUT2D eigenvalue weighted by atomic mass is 9.47. The Bertz CT molecular complexity index is 1070. The first-order valence-electron chi connectivity index (χ1n) is 13.8. The zero-order valence-electron chi connectivity index (χ0n) is 21.7. The van der Waals surface area contributed by atoms with Crippen molar-refractivity contribution in [3.8, 4) is 0 Å². The maximum Gasteiger partial charge on any atom is 0.253 e. The second-order valence-electron chi connectivity index (χ2n) is 12.8. The van der Waals surface area contributed by atoms with Crippen molar-refractivity contribution in [3.63, 3.8) is 0 Å². The molecule has 8 unspecified atom stereocenters. The third-order valence-corrected chi connectivity index (χ3v) is 12.0. The monoisotopic (exact) mass is 498 g/mol. The molecule has 3 nitrogen and oxygen atoms in total. The molecule has 1 aliphatic heterocycles. The molecule has 6 rings (SSSR count). The molecule has 1 aromatic carbocycles. The standard InChI is InChI=1S/C30H40ClFN2O/c1-18-23-8-9-25-22-7-6-20-16-21(34(4)28(35)19-5-10-27(32)26(31)15-19)11-13-29(20,2)24(22)12-14-30(23,25)17-33(18)3/h5-6,10,15,18,21-25H,7-9,11-14,16-17H2,1-4H3. The second-order valence-corrected chi connectivity index (χ2v) is 13.2. The van der Waals surface area contributed by atoms with Crippen LogP contribution in [0.4, 0.5) is 4.39 Å². The van der Waals surface area contributed by atoms with Crippen molar-refractivity contribution in [2.45, 2.75) is 77.3 Å². The van der Waals surface area contributed by atoms with Crippen LogP contribution in [0.25, 0.3) is 0 Å². The molecule has 1 aromatic rings. The molecule has 5 aliphatic rings. The number of benzene rings is 1. The SMILES string of the molecule is CC1C2CCC3C4CC=C5CC(N(C)C(=O)c6ccc(F)c(Cl)c6)CCC5(C)C4CCC32CN1C. The third-order valence-electron chi connectivity index (χ3n) is 11.7. The molecule has 0 bridgehead atoms. The number of hydrogen-bond acceptors (Lipinski definition) is 2. The van der Waals surface area contributed by atoms with Crippen LogP contribution in [0.15, 0.2) is 29.8 Å². The van der Waals surface area contributed by atoms with Crippen LogP contribution >= 0.6 is 11.6 Å². The molecule has 0 radical (unpaired) electrons. The van der Waals surface area contributed by atoms with E-state index in [2.05, 4.69) is 31.9 Å². The fraction of sp³-hybridized carbons (Fsp3) is 0.700.